The number of benzene rings is 1. The molecule has 3 rings (SSSR count). The molecular weight excluding hydrogens is 437 g/mol. The van der Waals surface area contributed by atoms with E-state index in [-0.39, 0.29) is 23.5 Å². The van der Waals surface area contributed by atoms with Gasteiger partial charge in [-0.05, 0) is 25.1 Å². The first-order valence-corrected chi connectivity index (χ1v) is 8.77. The minimum atomic E-state index is -5.24. The van der Waals surface area contributed by atoms with Crippen molar-refractivity contribution in [3.05, 3.63) is 46.1 Å². The Kier molecular flexibility index (Phi) is 5.20. The first kappa shape index (κ1) is 22.2. The molecule has 1 aromatic carbocycles. The molecule has 1 unspecified atom stereocenters. The summed E-state index contributed by atoms with van der Waals surface area (Å²) < 4.78 is 73.7. The third kappa shape index (κ3) is 3.17. The molecule has 162 valence electrons. The van der Waals surface area contributed by atoms with Gasteiger partial charge in [0.15, 0.2) is 11.6 Å². The van der Waals surface area contributed by atoms with E-state index in [1.807, 2.05) is 0 Å². The van der Waals surface area contributed by atoms with Crippen LogP contribution in [-0.4, -0.2) is 35.3 Å². The third-order valence-corrected chi connectivity index (χ3v) is 5.34. The Labute approximate surface area is 171 Å². The van der Waals surface area contributed by atoms with Gasteiger partial charge >= 0.3 is 6.18 Å². The lowest BCUT2D eigenvalue weighted by atomic mass is 9.82. The molecule has 0 saturated carbocycles. The number of fused-ring (bicyclic) bond motifs is 1. The number of carbonyl (C=O) groups excluding carboxylic acids is 1. The van der Waals surface area contributed by atoms with Gasteiger partial charge in [0.2, 0.25) is 11.5 Å². The molecule has 30 heavy (non-hydrogen) atoms. The number of amides is 1. The number of rotatable bonds is 4. The van der Waals surface area contributed by atoms with Gasteiger partial charge in [-0.2, -0.15) is 13.2 Å². The van der Waals surface area contributed by atoms with Gasteiger partial charge in [-0.1, -0.05) is 11.6 Å². The highest BCUT2D eigenvalue weighted by molar-refractivity contribution is 6.31. The molecule has 2 heterocycles. The predicted molar refractivity (Wildman–Crippen MR) is 95.6 cm³/mol. The van der Waals surface area contributed by atoms with Crippen LogP contribution < -0.4 is 16.2 Å². The molecule has 0 spiro atoms. The van der Waals surface area contributed by atoms with Crippen LogP contribution in [-0.2, 0) is 15.8 Å². The van der Waals surface area contributed by atoms with Crippen LogP contribution in [0.3, 0.4) is 0 Å². The Balaban J connectivity index is 2.39. The lowest BCUT2D eigenvalue weighted by Crippen LogP contribution is -2.49. The molecule has 12 heteroatoms. The molecule has 0 radical (unpaired) electrons. The standard InChI is InChI=1S/C18H15ClF5N3O3/c1-16(15(26)28)6-30-14-8(16)4-11(17(29,5-25)18(22,23)24)27-13(14)7-2-9(19)12(21)10(20)3-7/h2-4,29H,5-6,25H2,1H3,(H2,26,28)/t16-,17?/m0/s1. The number of primary amides is 1. The number of carbonyl (C=O) groups is 1. The molecule has 0 fully saturated rings. The van der Waals surface area contributed by atoms with Crippen LogP contribution in [0.1, 0.15) is 18.2 Å². The Hall–Kier alpha value is -2.50. The number of pyridine rings is 1. The topological polar surface area (TPSA) is 111 Å². The van der Waals surface area contributed by atoms with Crippen LogP contribution in [0.4, 0.5) is 22.0 Å². The molecule has 1 aliphatic heterocycles. The lowest BCUT2D eigenvalue weighted by Gasteiger charge is -2.30. The summed E-state index contributed by atoms with van der Waals surface area (Å²) in [4.78, 5) is 15.8. The van der Waals surface area contributed by atoms with E-state index >= 15 is 0 Å². The van der Waals surface area contributed by atoms with Crippen molar-refractivity contribution in [2.45, 2.75) is 24.1 Å². The number of nitrogens with zero attached hydrogens (tertiary/aromatic N) is 1. The van der Waals surface area contributed by atoms with E-state index in [0.29, 0.717) is 6.07 Å². The second-order valence-corrected chi connectivity index (χ2v) is 7.44. The van der Waals surface area contributed by atoms with Crippen LogP contribution in [0.5, 0.6) is 5.75 Å². The summed E-state index contributed by atoms with van der Waals surface area (Å²) in [5.41, 5.74) is 3.69. The van der Waals surface area contributed by atoms with Gasteiger partial charge in [0.1, 0.15) is 23.5 Å². The monoisotopic (exact) mass is 451 g/mol. The van der Waals surface area contributed by atoms with Crippen LogP contribution in [0.15, 0.2) is 18.2 Å². The van der Waals surface area contributed by atoms with Gasteiger partial charge in [-0.15, -0.1) is 0 Å². The summed E-state index contributed by atoms with van der Waals surface area (Å²) in [6.07, 6.45) is -5.24. The van der Waals surface area contributed by atoms with Crippen molar-refractivity contribution in [3.8, 4) is 17.0 Å². The van der Waals surface area contributed by atoms with Crippen molar-refractivity contribution in [2.75, 3.05) is 13.2 Å². The Morgan fingerprint density at radius 3 is 2.47 bits per heavy atom. The summed E-state index contributed by atoms with van der Waals surface area (Å²) in [7, 11) is 0. The molecular formula is C18H15ClF5N3O3. The second-order valence-electron chi connectivity index (χ2n) is 7.03. The van der Waals surface area contributed by atoms with Gasteiger partial charge in [0.25, 0.3) is 0 Å². The number of alkyl halides is 3. The summed E-state index contributed by atoms with van der Waals surface area (Å²) >= 11 is 5.65. The fraction of sp³-hybridized carbons (Fsp3) is 0.333. The fourth-order valence-corrected chi connectivity index (χ4v) is 3.26. The maximum atomic E-state index is 13.9. The first-order valence-electron chi connectivity index (χ1n) is 8.39. The summed E-state index contributed by atoms with van der Waals surface area (Å²) in [5, 5.41) is 9.60. The van der Waals surface area contributed by atoms with E-state index in [4.69, 9.17) is 27.8 Å². The van der Waals surface area contributed by atoms with Crippen molar-refractivity contribution in [3.63, 3.8) is 0 Å². The number of aromatic nitrogens is 1. The quantitative estimate of drug-likeness (QED) is 0.488. The number of hydrogen-bond donors (Lipinski definition) is 3. The molecule has 1 aliphatic rings. The maximum absolute atomic E-state index is 13.9. The van der Waals surface area contributed by atoms with Crippen LogP contribution in [0.25, 0.3) is 11.3 Å². The highest BCUT2D eigenvalue weighted by atomic mass is 35.5. The molecule has 0 aliphatic carbocycles. The molecule has 2 atom stereocenters. The summed E-state index contributed by atoms with van der Waals surface area (Å²) in [6, 6.07) is 2.38. The largest absolute Gasteiger partial charge is 0.489 e. The van der Waals surface area contributed by atoms with Crippen LogP contribution in [0, 0.1) is 11.6 Å². The number of nitrogens with two attached hydrogens (primary N) is 2. The SMILES string of the molecule is C[C@]1(C(N)=O)COc2c1cc(C(O)(CN)C(F)(F)F)nc2-c1cc(F)c(F)c(Cl)c1. The molecule has 0 bridgehead atoms. The van der Waals surface area contributed by atoms with E-state index in [9.17, 15) is 31.9 Å². The lowest BCUT2D eigenvalue weighted by molar-refractivity contribution is -0.263. The van der Waals surface area contributed by atoms with Crippen molar-refractivity contribution in [1.29, 1.82) is 0 Å². The minimum absolute atomic E-state index is 0.119. The van der Waals surface area contributed by atoms with E-state index in [1.165, 1.54) is 6.92 Å². The maximum Gasteiger partial charge on any atom is 0.424 e. The fourth-order valence-electron chi connectivity index (χ4n) is 3.05. The van der Waals surface area contributed by atoms with E-state index < -0.39 is 57.7 Å². The van der Waals surface area contributed by atoms with Crippen molar-refractivity contribution in [1.82, 2.24) is 4.98 Å². The molecule has 6 nitrogen and oxygen atoms in total. The Bertz CT molecular complexity index is 1030. The van der Waals surface area contributed by atoms with E-state index in [0.717, 1.165) is 12.1 Å². The minimum Gasteiger partial charge on any atom is -0.489 e. The highest BCUT2D eigenvalue weighted by Gasteiger charge is 2.56. The van der Waals surface area contributed by atoms with Gasteiger partial charge < -0.3 is 21.3 Å². The Morgan fingerprint density at radius 1 is 1.33 bits per heavy atom. The van der Waals surface area contributed by atoms with Crippen molar-refractivity contribution >= 4 is 17.5 Å². The Morgan fingerprint density at radius 2 is 1.97 bits per heavy atom. The molecule has 1 amide bonds. The first-order chi connectivity index (χ1) is 13.8. The van der Waals surface area contributed by atoms with Crippen LogP contribution in [0.2, 0.25) is 5.02 Å². The zero-order valence-electron chi connectivity index (χ0n) is 15.3. The van der Waals surface area contributed by atoms with Gasteiger partial charge in [0.05, 0.1) is 10.7 Å². The van der Waals surface area contributed by atoms with Crippen LogP contribution >= 0.6 is 11.6 Å². The number of aliphatic hydroxyl groups is 1. The van der Waals surface area contributed by atoms with E-state index in [1.54, 1.807) is 0 Å². The predicted octanol–water partition coefficient (Wildman–Crippen LogP) is 2.52. The van der Waals surface area contributed by atoms with Gasteiger partial charge in [0, 0.05) is 17.7 Å². The average molecular weight is 452 g/mol. The third-order valence-electron chi connectivity index (χ3n) is 5.06. The summed E-state index contributed by atoms with van der Waals surface area (Å²) in [6.45, 7) is -0.323. The van der Waals surface area contributed by atoms with E-state index in [2.05, 4.69) is 4.98 Å². The number of hydrogen-bond acceptors (Lipinski definition) is 5. The molecule has 5 N–H and O–H groups in total. The zero-order valence-corrected chi connectivity index (χ0v) is 16.0. The van der Waals surface area contributed by atoms with Crippen molar-refractivity contribution < 1.29 is 36.6 Å². The normalized spacial score (nSPS) is 20.4. The smallest absolute Gasteiger partial charge is 0.424 e. The molecule has 0 saturated heterocycles. The number of ether oxygens (including phenoxy) is 1. The van der Waals surface area contributed by atoms with Gasteiger partial charge in [-0.3, -0.25) is 4.79 Å². The number of halogens is 6. The molecule has 1 aromatic heterocycles. The highest BCUT2D eigenvalue weighted by Crippen LogP contribution is 2.48. The summed E-state index contributed by atoms with van der Waals surface area (Å²) in [5.74, 6) is -3.86. The van der Waals surface area contributed by atoms with Gasteiger partial charge in [-0.25, -0.2) is 13.8 Å². The van der Waals surface area contributed by atoms with Crippen molar-refractivity contribution in [2.24, 2.45) is 11.5 Å². The second kappa shape index (κ2) is 7.03. The average Bonchev–Trinajstić information content (AvgIpc) is 3.01. The molecule has 2 aromatic rings. The zero-order chi connectivity index (χ0) is 22.6.